The summed E-state index contributed by atoms with van der Waals surface area (Å²) in [5.41, 5.74) is -0.403. The Hall–Kier alpha value is -1.98. The van der Waals surface area contributed by atoms with Gasteiger partial charge in [0.1, 0.15) is 0 Å². The number of nitrogens with one attached hydrogen (secondary N) is 1. The van der Waals surface area contributed by atoms with Crippen molar-refractivity contribution in [2.45, 2.75) is 0 Å². The van der Waals surface area contributed by atoms with Crippen LogP contribution in [0.3, 0.4) is 0 Å². The Labute approximate surface area is 168 Å². The maximum absolute atomic E-state index is 12.7. The van der Waals surface area contributed by atoms with Gasteiger partial charge in [0, 0.05) is 5.69 Å². The molecule has 2 N–H and O–H groups in total. The van der Waals surface area contributed by atoms with Crippen molar-refractivity contribution in [3.8, 4) is 0 Å². The number of hydrogen-bond donors (Lipinski definition) is 2. The van der Waals surface area contributed by atoms with Crippen LogP contribution < -0.4 is 5.32 Å². The molecule has 132 valence electrons. The highest BCUT2D eigenvalue weighted by atomic mass is 35.5. The van der Waals surface area contributed by atoms with Crippen LogP contribution in [-0.4, -0.2) is 17.0 Å². The molecule has 0 bridgehead atoms. The molecule has 0 saturated carbocycles. The molecule has 0 unspecified atom stereocenters. The maximum Gasteiger partial charge on any atom is 0.338 e. The molecule has 0 atom stereocenters. The van der Waals surface area contributed by atoms with Gasteiger partial charge in [-0.1, -0.05) is 76.7 Å². The largest absolute Gasteiger partial charge is 0.478 e. The lowest BCUT2D eigenvalue weighted by molar-refractivity contribution is 0.0692. The van der Waals surface area contributed by atoms with Gasteiger partial charge < -0.3 is 10.4 Å². The summed E-state index contributed by atoms with van der Waals surface area (Å²) in [5.74, 6) is -2.21. The Morgan fingerprint density at radius 1 is 0.769 bits per heavy atom. The standard InChI is InChI=1S/C18H9Cl4NO3/c19-13-11(12(18(25)26)14(20)16(22)15(13)21)17(24)23-10-6-5-8-3-1-2-4-9(8)7-10/h1-7H,(H,23,24)(H,25,26). The number of anilines is 1. The number of rotatable bonds is 3. The minimum atomic E-state index is -1.45. The van der Waals surface area contributed by atoms with Crippen LogP contribution in [0.15, 0.2) is 42.5 Å². The first-order chi connectivity index (χ1) is 12.3. The summed E-state index contributed by atoms with van der Waals surface area (Å²) in [4.78, 5) is 24.3. The van der Waals surface area contributed by atoms with E-state index in [2.05, 4.69) is 5.32 Å². The van der Waals surface area contributed by atoms with Gasteiger partial charge in [-0.3, -0.25) is 4.79 Å². The lowest BCUT2D eigenvalue weighted by atomic mass is 10.1. The summed E-state index contributed by atoms with van der Waals surface area (Å²) < 4.78 is 0. The summed E-state index contributed by atoms with van der Waals surface area (Å²) >= 11 is 23.9. The van der Waals surface area contributed by atoms with Gasteiger partial charge >= 0.3 is 5.97 Å². The zero-order chi connectivity index (χ0) is 19.0. The van der Waals surface area contributed by atoms with E-state index in [1.807, 2.05) is 30.3 Å². The molecule has 8 heteroatoms. The van der Waals surface area contributed by atoms with Crippen LogP contribution in [0.25, 0.3) is 10.8 Å². The first kappa shape index (κ1) is 18.8. The lowest BCUT2D eigenvalue weighted by Gasteiger charge is -2.14. The molecular formula is C18H9Cl4NO3. The first-order valence-corrected chi connectivity index (χ1v) is 8.72. The SMILES string of the molecule is O=C(O)c1c(Cl)c(Cl)c(Cl)c(Cl)c1C(=O)Nc1ccc2ccccc2c1. The van der Waals surface area contributed by atoms with Gasteiger partial charge in [0.15, 0.2) is 0 Å². The molecule has 0 aliphatic rings. The Kier molecular flexibility index (Phi) is 5.30. The first-order valence-electron chi connectivity index (χ1n) is 7.20. The molecule has 3 aromatic rings. The third-order valence-electron chi connectivity index (χ3n) is 3.72. The van der Waals surface area contributed by atoms with Crippen LogP contribution >= 0.6 is 46.4 Å². The number of amides is 1. The fraction of sp³-hybridized carbons (Fsp3) is 0. The minimum Gasteiger partial charge on any atom is -0.478 e. The Morgan fingerprint density at radius 3 is 1.96 bits per heavy atom. The van der Waals surface area contributed by atoms with Crippen molar-refractivity contribution < 1.29 is 14.7 Å². The maximum atomic E-state index is 12.7. The molecule has 0 aliphatic carbocycles. The van der Waals surface area contributed by atoms with Crippen molar-refractivity contribution in [2.75, 3.05) is 5.32 Å². The van der Waals surface area contributed by atoms with Crippen molar-refractivity contribution in [3.05, 3.63) is 73.7 Å². The summed E-state index contributed by atoms with van der Waals surface area (Å²) in [6, 6.07) is 12.8. The number of carboxylic acid groups (broad SMARTS) is 1. The van der Waals surface area contributed by atoms with Gasteiger partial charge in [0.05, 0.1) is 31.2 Å². The van der Waals surface area contributed by atoms with Crippen molar-refractivity contribution in [1.29, 1.82) is 0 Å². The average Bonchev–Trinajstić information content (AvgIpc) is 2.62. The topological polar surface area (TPSA) is 66.4 Å². The molecule has 0 heterocycles. The van der Waals surface area contributed by atoms with E-state index < -0.39 is 17.4 Å². The van der Waals surface area contributed by atoms with Gasteiger partial charge in [-0.15, -0.1) is 0 Å². The molecule has 0 saturated heterocycles. The molecule has 0 aliphatic heterocycles. The van der Waals surface area contributed by atoms with Crippen LogP contribution in [-0.2, 0) is 0 Å². The zero-order valence-electron chi connectivity index (χ0n) is 12.8. The van der Waals surface area contributed by atoms with Crippen molar-refractivity contribution in [3.63, 3.8) is 0 Å². The van der Waals surface area contributed by atoms with E-state index in [4.69, 9.17) is 46.4 Å². The van der Waals surface area contributed by atoms with Crippen molar-refractivity contribution in [2.24, 2.45) is 0 Å². The molecule has 0 aromatic heterocycles. The van der Waals surface area contributed by atoms with Gasteiger partial charge in [-0.2, -0.15) is 0 Å². The second kappa shape index (κ2) is 7.33. The average molecular weight is 429 g/mol. The predicted octanol–water partition coefficient (Wildman–Crippen LogP) is 6.40. The van der Waals surface area contributed by atoms with Gasteiger partial charge in [-0.05, 0) is 22.9 Å². The normalized spacial score (nSPS) is 10.8. The van der Waals surface area contributed by atoms with Gasteiger partial charge in [-0.25, -0.2) is 4.79 Å². The molecular weight excluding hydrogens is 420 g/mol. The molecule has 1 amide bonds. The van der Waals surface area contributed by atoms with Crippen molar-refractivity contribution >= 4 is 74.7 Å². The van der Waals surface area contributed by atoms with E-state index in [-0.39, 0.29) is 25.7 Å². The van der Waals surface area contributed by atoms with Crippen molar-refractivity contribution in [1.82, 2.24) is 0 Å². The molecule has 4 nitrogen and oxygen atoms in total. The summed E-state index contributed by atoms with van der Waals surface area (Å²) in [6.07, 6.45) is 0. The molecule has 26 heavy (non-hydrogen) atoms. The van der Waals surface area contributed by atoms with E-state index in [1.165, 1.54) is 0 Å². The van der Waals surface area contributed by atoms with E-state index >= 15 is 0 Å². The smallest absolute Gasteiger partial charge is 0.338 e. The quantitative estimate of drug-likeness (QED) is 0.374. The number of hydrogen-bond acceptors (Lipinski definition) is 2. The monoisotopic (exact) mass is 427 g/mol. The molecule has 3 aromatic carbocycles. The molecule has 0 spiro atoms. The number of aromatic carboxylic acids is 1. The highest BCUT2D eigenvalue weighted by Gasteiger charge is 2.28. The number of carboxylic acids is 1. The number of fused-ring (bicyclic) bond motifs is 1. The highest BCUT2D eigenvalue weighted by Crippen LogP contribution is 2.41. The summed E-state index contributed by atoms with van der Waals surface area (Å²) in [7, 11) is 0. The third kappa shape index (κ3) is 3.33. The fourth-order valence-electron chi connectivity index (χ4n) is 2.51. The third-order valence-corrected chi connectivity index (χ3v) is 5.52. The van der Waals surface area contributed by atoms with Crippen LogP contribution in [0.2, 0.25) is 20.1 Å². The van der Waals surface area contributed by atoms with E-state index in [9.17, 15) is 14.7 Å². The number of carbonyl (C=O) groups is 2. The fourth-order valence-corrected chi connectivity index (χ4v) is 3.53. The van der Waals surface area contributed by atoms with Gasteiger partial charge in [0.2, 0.25) is 0 Å². The summed E-state index contributed by atoms with van der Waals surface area (Å²) in [5, 5.41) is 12.9. The highest BCUT2D eigenvalue weighted by molar-refractivity contribution is 6.54. The number of carbonyl (C=O) groups excluding carboxylic acids is 1. The van der Waals surface area contributed by atoms with Crippen LogP contribution in [0.5, 0.6) is 0 Å². The van der Waals surface area contributed by atoms with E-state index in [0.717, 1.165) is 10.8 Å². The molecule has 3 rings (SSSR count). The Morgan fingerprint density at radius 2 is 1.35 bits per heavy atom. The van der Waals surface area contributed by atoms with E-state index in [1.54, 1.807) is 12.1 Å². The molecule has 0 radical (unpaired) electrons. The zero-order valence-corrected chi connectivity index (χ0v) is 15.8. The second-order valence-electron chi connectivity index (χ2n) is 5.33. The Balaban J connectivity index is 2.08. The molecule has 0 fully saturated rings. The van der Waals surface area contributed by atoms with Gasteiger partial charge in [0.25, 0.3) is 5.91 Å². The van der Waals surface area contributed by atoms with E-state index in [0.29, 0.717) is 5.69 Å². The van der Waals surface area contributed by atoms with Crippen LogP contribution in [0.1, 0.15) is 20.7 Å². The Bertz CT molecular complexity index is 1070. The van der Waals surface area contributed by atoms with Crippen LogP contribution in [0.4, 0.5) is 5.69 Å². The lowest BCUT2D eigenvalue weighted by Crippen LogP contribution is -2.18. The number of benzene rings is 3. The minimum absolute atomic E-state index is 0.188. The predicted molar refractivity (Wildman–Crippen MR) is 105 cm³/mol. The van der Waals surface area contributed by atoms with Crippen LogP contribution in [0, 0.1) is 0 Å². The summed E-state index contributed by atoms with van der Waals surface area (Å²) in [6.45, 7) is 0. The second-order valence-corrected chi connectivity index (χ2v) is 6.84. The number of halogens is 4.